The minimum Gasteiger partial charge on any atom is -0.493 e. The molecule has 1 fully saturated rings. The number of hydrogen-bond acceptors (Lipinski definition) is 5. The molecule has 2 N–H and O–H groups in total. The number of amides is 1. The molecule has 0 aromatic heterocycles. The lowest BCUT2D eigenvalue weighted by atomic mass is 9.89. The van der Waals surface area contributed by atoms with Crippen LogP contribution in [0.15, 0.2) is 42.5 Å². The van der Waals surface area contributed by atoms with Gasteiger partial charge in [0.15, 0.2) is 11.5 Å². The van der Waals surface area contributed by atoms with Crippen LogP contribution < -0.4 is 19.9 Å². The summed E-state index contributed by atoms with van der Waals surface area (Å²) in [5.41, 5.74) is 8.23. The van der Waals surface area contributed by atoms with E-state index in [0.29, 0.717) is 55.0 Å². The van der Waals surface area contributed by atoms with E-state index < -0.39 is 0 Å². The van der Waals surface area contributed by atoms with E-state index >= 15 is 0 Å². The first-order chi connectivity index (χ1) is 14.1. The maximum atomic E-state index is 12.9. The van der Waals surface area contributed by atoms with Crippen LogP contribution in [0.3, 0.4) is 0 Å². The number of benzene rings is 2. The SMILES string of the molecule is COc1cc(CCC(=O)N2C[C@@H](CN)[C@H](c3ccccc3)C2)cc(OC)c1OC. The number of ether oxygens (including phenoxy) is 3. The monoisotopic (exact) mass is 398 g/mol. The molecule has 6 heteroatoms. The molecule has 0 bridgehead atoms. The van der Waals surface area contributed by atoms with Crippen LogP contribution in [0.4, 0.5) is 0 Å². The standard InChI is InChI=1S/C23H30N2O4/c1-27-20-11-16(12-21(28-2)23(20)29-3)9-10-22(26)25-14-18(13-24)19(15-25)17-7-5-4-6-8-17/h4-8,11-12,18-19H,9-10,13-15,24H2,1-3H3/t18-,19+/m1/s1. The normalized spacial score (nSPS) is 18.6. The maximum absolute atomic E-state index is 12.9. The molecule has 0 aliphatic carbocycles. The molecule has 156 valence electrons. The fourth-order valence-electron chi connectivity index (χ4n) is 4.08. The van der Waals surface area contributed by atoms with Gasteiger partial charge in [-0.05, 0) is 42.1 Å². The van der Waals surface area contributed by atoms with E-state index in [4.69, 9.17) is 19.9 Å². The van der Waals surface area contributed by atoms with Crippen LogP contribution >= 0.6 is 0 Å². The minimum atomic E-state index is 0.149. The third-order valence-corrected chi connectivity index (χ3v) is 5.68. The molecule has 2 aromatic rings. The van der Waals surface area contributed by atoms with Gasteiger partial charge in [-0.3, -0.25) is 4.79 Å². The average Bonchev–Trinajstić information content (AvgIpc) is 3.21. The first-order valence-electron chi connectivity index (χ1n) is 9.92. The fourth-order valence-corrected chi connectivity index (χ4v) is 4.08. The van der Waals surface area contributed by atoms with E-state index in [1.807, 2.05) is 35.2 Å². The van der Waals surface area contributed by atoms with Gasteiger partial charge in [0.25, 0.3) is 0 Å². The number of methoxy groups -OCH3 is 3. The lowest BCUT2D eigenvalue weighted by Gasteiger charge is -2.17. The lowest BCUT2D eigenvalue weighted by molar-refractivity contribution is -0.130. The molecular weight excluding hydrogens is 368 g/mol. The molecule has 1 amide bonds. The number of carbonyl (C=O) groups is 1. The van der Waals surface area contributed by atoms with Crippen molar-refractivity contribution in [2.45, 2.75) is 18.8 Å². The van der Waals surface area contributed by atoms with Crippen molar-refractivity contribution >= 4 is 5.91 Å². The van der Waals surface area contributed by atoms with Crippen LogP contribution in [0.2, 0.25) is 0 Å². The summed E-state index contributed by atoms with van der Waals surface area (Å²) in [6.07, 6.45) is 1.03. The second kappa shape index (κ2) is 9.65. The smallest absolute Gasteiger partial charge is 0.222 e. The number of carbonyl (C=O) groups excluding carboxylic acids is 1. The van der Waals surface area contributed by atoms with E-state index in [1.165, 1.54) is 5.56 Å². The van der Waals surface area contributed by atoms with Crippen molar-refractivity contribution < 1.29 is 19.0 Å². The Morgan fingerprint density at radius 1 is 1.03 bits per heavy atom. The van der Waals surface area contributed by atoms with Gasteiger partial charge in [-0.1, -0.05) is 30.3 Å². The second-order valence-electron chi connectivity index (χ2n) is 7.35. The van der Waals surface area contributed by atoms with Gasteiger partial charge in [0.1, 0.15) is 0 Å². The van der Waals surface area contributed by atoms with Gasteiger partial charge in [-0.15, -0.1) is 0 Å². The Kier molecular flexibility index (Phi) is 6.99. The Bertz CT molecular complexity index is 800. The predicted molar refractivity (Wildman–Crippen MR) is 113 cm³/mol. The van der Waals surface area contributed by atoms with Crippen LogP contribution in [-0.2, 0) is 11.2 Å². The Balaban J connectivity index is 1.67. The Labute approximate surface area is 172 Å². The molecule has 0 spiro atoms. The fraction of sp³-hybridized carbons (Fsp3) is 0.435. The quantitative estimate of drug-likeness (QED) is 0.740. The zero-order valence-corrected chi connectivity index (χ0v) is 17.4. The highest BCUT2D eigenvalue weighted by molar-refractivity contribution is 5.77. The molecule has 3 rings (SSSR count). The van der Waals surface area contributed by atoms with Gasteiger partial charge in [-0.25, -0.2) is 0 Å². The lowest BCUT2D eigenvalue weighted by Crippen LogP contribution is -2.30. The molecule has 0 radical (unpaired) electrons. The molecule has 6 nitrogen and oxygen atoms in total. The summed E-state index contributed by atoms with van der Waals surface area (Å²) in [7, 11) is 4.76. The van der Waals surface area contributed by atoms with E-state index in [0.717, 1.165) is 12.1 Å². The van der Waals surface area contributed by atoms with Gasteiger partial charge in [-0.2, -0.15) is 0 Å². The van der Waals surface area contributed by atoms with Crippen molar-refractivity contribution in [1.29, 1.82) is 0 Å². The number of aryl methyl sites for hydroxylation is 1. The Hall–Kier alpha value is -2.73. The molecule has 1 saturated heterocycles. The molecule has 0 saturated carbocycles. The largest absolute Gasteiger partial charge is 0.493 e. The highest BCUT2D eigenvalue weighted by Crippen LogP contribution is 2.38. The number of nitrogens with two attached hydrogens (primary N) is 1. The summed E-state index contributed by atoms with van der Waals surface area (Å²) in [5, 5.41) is 0. The third-order valence-electron chi connectivity index (χ3n) is 5.68. The zero-order chi connectivity index (χ0) is 20.8. The molecule has 29 heavy (non-hydrogen) atoms. The Morgan fingerprint density at radius 3 is 2.24 bits per heavy atom. The van der Waals surface area contributed by atoms with Crippen LogP contribution in [0.25, 0.3) is 0 Å². The molecule has 1 aliphatic heterocycles. The highest BCUT2D eigenvalue weighted by Gasteiger charge is 2.34. The summed E-state index contributed by atoms with van der Waals surface area (Å²) in [4.78, 5) is 14.8. The molecule has 0 unspecified atom stereocenters. The van der Waals surface area contributed by atoms with Crippen molar-refractivity contribution in [3.8, 4) is 17.2 Å². The third kappa shape index (κ3) is 4.65. The average molecular weight is 399 g/mol. The van der Waals surface area contributed by atoms with E-state index in [1.54, 1.807) is 21.3 Å². The first kappa shape index (κ1) is 21.0. The second-order valence-corrected chi connectivity index (χ2v) is 7.35. The van der Waals surface area contributed by atoms with E-state index in [-0.39, 0.29) is 5.91 Å². The van der Waals surface area contributed by atoms with Crippen molar-refractivity contribution in [1.82, 2.24) is 4.90 Å². The molecule has 1 aliphatic rings. The number of likely N-dealkylation sites (tertiary alicyclic amines) is 1. The van der Waals surface area contributed by atoms with Gasteiger partial charge in [0, 0.05) is 25.4 Å². The number of nitrogens with zero attached hydrogens (tertiary/aromatic N) is 1. The predicted octanol–water partition coefficient (Wildman–Crippen LogP) is 2.85. The van der Waals surface area contributed by atoms with Crippen LogP contribution in [0, 0.1) is 5.92 Å². The van der Waals surface area contributed by atoms with Gasteiger partial charge >= 0.3 is 0 Å². The summed E-state index contributed by atoms with van der Waals surface area (Å²) in [6, 6.07) is 14.1. The van der Waals surface area contributed by atoms with Gasteiger partial charge in [0.2, 0.25) is 11.7 Å². The summed E-state index contributed by atoms with van der Waals surface area (Å²) >= 11 is 0. The minimum absolute atomic E-state index is 0.149. The van der Waals surface area contributed by atoms with Crippen molar-refractivity contribution in [3.05, 3.63) is 53.6 Å². The molecular formula is C23H30N2O4. The maximum Gasteiger partial charge on any atom is 0.222 e. The number of rotatable bonds is 8. The van der Waals surface area contributed by atoms with E-state index in [2.05, 4.69) is 12.1 Å². The Morgan fingerprint density at radius 2 is 1.69 bits per heavy atom. The van der Waals surface area contributed by atoms with Crippen molar-refractivity contribution in [3.63, 3.8) is 0 Å². The van der Waals surface area contributed by atoms with Crippen LogP contribution in [0.5, 0.6) is 17.2 Å². The zero-order valence-electron chi connectivity index (χ0n) is 17.4. The summed E-state index contributed by atoms with van der Waals surface area (Å²) in [5.74, 6) is 2.50. The summed E-state index contributed by atoms with van der Waals surface area (Å²) < 4.78 is 16.2. The first-order valence-corrected chi connectivity index (χ1v) is 9.92. The van der Waals surface area contributed by atoms with Crippen molar-refractivity contribution in [2.75, 3.05) is 41.0 Å². The molecule has 2 atom stereocenters. The van der Waals surface area contributed by atoms with Gasteiger partial charge < -0.3 is 24.8 Å². The van der Waals surface area contributed by atoms with Crippen molar-refractivity contribution in [2.24, 2.45) is 11.7 Å². The molecule has 2 aromatic carbocycles. The summed E-state index contributed by atoms with van der Waals surface area (Å²) in [6.45, 7) is 2.01. The topological polar surface area (TPSA) is 74.0 Å². The van der Waals surface area contributed by atoms with Crippen LogP contribution in [0.1, 0.15) is 23.5 Å². The highest BCUT2D eigenvalue weighted by atomic mass is 16.5. The molecule has 1 heterocycles. The van der Waals surface area contributed by atoms with Gasteiger partial charge in [0.05, 0.1) is 21.3 Å². The van der Waals surface area contributed by atoms with Crippen LogP contribution in [-0.4, -0.2) is 51.8 Å². The van der Waals surface area contributed by atoms with E-state index in [9.17, 15) is 4.79 Å². The number of hydrogen-bond donors (Lipinski definition) is 1.